The number of benzene rings is 2. The highest BCUT2D eigenvalue weighted by Gasteiger charge is 2.61. The number of anilines is 1. The number of ketones is 1. The molecule has 2 aromatic rings. The van der Waals surface area contributed by atoms with Crippen LogP contribution in [0.5, 0.6) is 23.0 Å². The van der Waals surface area contributed by atoms with E-state index in [1.165, 1.54) is 0 Å². The molecule has 12 unspecified atom stereocenters. The predicted octanol–water partition coefficient (Wildman–Crippen LogP) is 8.13. The average Bonchev–Trinajstić information content (AvgIpc) is 4.10. The van der Waals surface area contributed by atoms with E-state index in [4.69, 9.17) is 14.2 Å². The summed E-state index contributed by atoms with van der Waals surface area (Å²) < 4.78 is 18.4. The van der Waals surface area contributed by atoms with Gasteiger partial charge in [-0.15, -0.1) is 0 Å². The van der Waals surface area contributed by atoms with Crippen molar-refractivity contribution in [2.75, 3.05) is 52.9 Å². The number of phenols is 2. The number of aliphatic hydroxyl groups is 3. The molecule has 1 aliphatic heterocycles. The molecule has 0 saturated heterocycles. The number of aliphatic hydroxyl groups excluding tert-OH is 3. The standard InChI is InChI=1S/C57H80N4O9/c1-5-37-15-17-42-43(13-9-26-62)45-14-7-23-57(45)41-32-47(53(67)50(33-41)70-55(36-58-2)24-21-39(34-55)31-52(66)69-28-10-27-63)61-54(59-3)60-25-8-12-40-11-6-22-56(40,51(65)20-18-46(57)44(42)29-37)35-38-16-19-48(64)49(30-38)68-4/h15-20,30,32-33,37,39-40,42-46,52,58,62-64,66-67H,5-7,9-14,21-24,26-29,31,34-36H2,1-4H3,(H2,59,60,61). The van der Waals surface area contributed by atoms with E-state index in [-0.39, 0.29) is 72.6 Å². The number of guanidine groups is 1. The van der Waals surface area contributed by atoms with E-state index in [9.17, 15) is 25.5 Å². The third-order valence-corrected chi connectivity index (χ3v) is 17.7. The summed E-state index contributed by atoms with van der Waals surface area (Å²) in [6.45, 7) is 3.20. The van der Waals surface area contributed by atoms with Crippen molar-refractivity contribution in [1.29, 1.82) is 0 Å². The van der Waals surface area contributed by atoms with E-state index in [0.29, 0.717) is 86.5 Å². The molecule has 8 rings (SSSR count). The van der Waals surface area contributed by atoms with Crippen LogP contribution in [0.2, 0.25) is 0 Å². The maximum Gasteiger partial charge on any atom is 0.207 e. The molecular formula is C57H80N4O9. The lowest BCUT2D eigenvalue weighted by molar-refractivity contribution is -0.125. The molecular weight excluding hydrogens is 885 g/mol. The molecule has 5 aliphatic carbocycles. The summed E-state index contributed by atoms with van der Waals surface area (Å²) in [5, 5.41) is 63.5. The monoisotopic (exact) mass is 965 g/mol. The summed E-state index contributed by atoms with van der Waals surface area (Å²) in [5.41, 5.74) is 0.577. The number of allylic oxidation sites excluding steroid dienone is 4. The second-order valence-corrected chi connectivity index (χ2v) is 21.5. The van der Waals surface area contributed by atoms with Gasteiger partial charge in [-0.05, 0) is 179 Å². The Labute approximate surface area is 416 Å². The Balaban J connectivity index is 1.29. The first kappa shape index (κ1) is 51.8. The fraction of sp³-hybridized carbons (Fsp3) is 0.649. The van der Waals surface area contributed by atoms with Crippen molar-refractivity contribution in [2.45, 2.75) is 133 Å². The number of hydrogen-bond acceptors (Lipinski definition) is 11. The minimum absolute atomic E-state index is 0.00131. The number of rotatable bonds is 17. The minimum Gasteiger partial charge on any atom is -0.504 e. The lowest BCUT2D eigenvalue weighted by atomic mass is 9.46. The van der Waals surface area contributed by atoms with E-state index in [1.54, 1.807) is 20.2 Å². The van der Waals surface area contributed by atoms with E-state index in [1.807, 2.05) is 25.3 Å². The Morgan fingerprint density at radius 3 is 2.60 bits per heavy atom. The van der Waals surface area contributed by atoms with Gasteiger partial charge in [0.05, 0.1) is 19.4 Å². The second-order valence-electron chi connectivity index (χ2n) is 21.5. The highest BCUT2D eigenvalue weighted by Crippen LogP contribution is 2.66. The molecule has 382 valence electrons. The van der Waals surface area contributed by atoms with Crippen molar-refractivity contribution < 1.29 is 44.5 Å². The SMILES string of the molecule is CCC1C=CC2C(C1)C1C=CC(=O)C3(Cc4ccc(O)c(OC)c4)CCCC3CC#CNC(=NC)Nc3cc(cc(OC4(CNC)CCC(CC(O)OCCCO)C4)c3O)C13CCCC3C2CCCO. The molecule has 0 radical (unpaired) electrons. The molecule has 1 heterocycles. The largest absolute Gasteiger partial charge is 0.504 e. The Morgan fingerprint density at radius 1 is 1.00 bits per heavy atom. The van der Waals surface area contributed by atoms with E-state index >= 15 is 4.79 Å². The first-order chi connectivity index (χ1) is 34.0. The first-order valence-corrected chi connectivity index (χ1v) is 26.4. The molecule has 0 amide bonds. The van der Waals surface area contributed by atoms with Crippen LogP contribution in [0.1, 0.15) is 121 Å². The van der Waals surface area contributed by atoms with Crippen LogP contribution >= 0.6 is 0 Å². The predicted molar refractivity (Wildman–Crippen MR) is 273 cm³/mol. The number of nitrogens with zero attached hydrogens (tertiary/aromatic N) is 1. The van der Waals surface area contributed by atoms with Crippen molar-refractivity contribution in [3.05, 3.63) is 65.8 Å². The molecule has 2 aromatic carbocycles. The van der Waals surface area contributed by atoms with Crippen LogP contribution in [0.15, 0.2) is 59.6 Å². The van der Waals surface area contributed by atoms with Crippen LogP contribution in [0, 0.1) is 64.7 Å². The Morgan fingerprint density at radius 2 is 1.83 bits per heavy atom. The van der Waals surface area contributed by atoms with Gasteiger partial charge in [0.15, 0.2) is 35.1 Å². The number of carbonyl (C=O) groups is 1. The normalized spacial score (nSPS) is 33.5. The van der Waals surface area contributed by atoms with Crippen LogP contribution in [-0.2, 0) is 21.4 Å². The number of aliphatic imine (C=N–C) groups is 1. The highest BCUT2D eigenvalue weighted by atomic mass is 16.6. The Kier molecular flexibility index (Phi) is 16.9. The number of likely N-dealkylation sites (N-methyl/N-ethyl adjacent to an activating group) is 1. The number of hydrogen-bond donors (Lipinski definition) is 8. The fourth-order valence-corrected chi connectivity index (χ4v) is 14.6. The first-order valence-electron chi connectivity index (χ1n) is 26.4. The topological polar surface area (TPSA) is 194 Å². The summed E-state index contributed by atoms with van der Waals surface area (Å²) >= 11 is 0. The van der Waals surface area contributed by atoms with Gasteiger partial charge in [0.2, 0.25) is 5.96 Å². The zero-order chi connectivity index (χ0) is 49.5. The molecule has 12 atom stereocenters. The van der Waals surface area contributed by atoms with E-state index in [2.05, 4.69) is 70.2 Å². The maximum atomic E-state index is 15.6. The summed E-state index contributed by atoms with van der Waals surface area (Å²) in [4.78, 5) is 20.2. The number of phenolic OH excluding ortho intramolecular Hbond substituents is 2. The second kappa shape index (κ2) is 22.9. The summed E-state index contributed by atoms with van der Waals surface area (Å²) in [6, 6.07) is 12.8. The van der Waals surface area contributed by atoms with Crippen LogP contribution in [0.4, 0.5) is 5.69 Å². The molecule has 13 heteroatoms. The van der Waals surface area contributed by atoms with Crippen molar-refractivity contribution in [2.24, 2.45) is 57.8 Å². The summed E-state index contributed by atoms with van der Waals surface area (Å²) in [7, 11) is 5.14. The quantitative estimate of drug-likeness (QED) is 0.0250. The number of nitrogens with one attached hydrogen (secondary N) is 3. The van der Waals surface area contributed by atoms with Gasteiger partial charge in [-0.3, -0.25) is 15.1 Å². The molecule has 2 bridgehead atoms. The fourth-order valence-electron chi connectivity index (χ4n) is 14.6. The lowest BCUT2D eigenvalue weighted by Gasteiger charge is -2.58. The van der Waals surface area contributed by atoms with E-state index < -0.39 is 22.7 Å². The summed E-state index contributed by atoms with van der Waals surface area (Å²) in [5.74, 6) is 6.11. The van der Waals surface area contributed by atoms with Crippen LogP contribution in [0.25, 0.3) is 0 Å². The zero-order valence-electron chi connectivity index (χ0n) is 42.1. The van der Waals surface area contributed by atoms with Gasteiger partial charge in [0.1, 0.15) is 5.60 Å². The molecule has 8 N–H and O–H groups in total. The van der Waals surface area contributed by atoms with Gasteiger partial charge >= 0.3 is 0 Å². The molecule has 0 aromatic heterocycles. The highest BCUT2D eigenvalue weighted by molar-refractivity contribution is 5.97. The van der Waals surface area contributed by atoms with Crippen molar-refractivity contribution >= 4 is 17.4 Å². The van der Waals surface area contributed by atoms with E-state index in [0.717, 1.165) is 75.3 Å². The maximum absolute atomic E-state index is 15.6. The average molecular weight is 965 g/mol. The number of carbonyl (C=O) groups excluding carboxylic acids is 1. The zero-order valence-corrected chi connectivity index (χ0v) is 42.1. The smallest absolute Gasteiger partial charge is 0.207 e. The molecule has 1 spiro atoms. The van der Waals surface area contributed by atoms with Crippen molar-refractivity contribution in [3.8, 4) is 35.0 Å². The van der Waals surface area contributed by atoms with Crippen LogP contribution < -0.4 is 25.4 Å². The van der Waals surface area contributed by atoms with Gasteiger partial charge < -0.3 is 50.4 Å². The molecule has 70 heavy (non-hydrogen) atoms. The summed E-state index contributed by atoms with van der Waals surface area (Å²) in [6.07, 6.45) is 21.3. The third-order valence-electron chi connectivity index (χ3n) is 17.7. The van der Waals surface area contributed by atoms with Gasteiger partial charge in [0, 0.05) is 56.5 Å². The van der Waals surface area contributed by atoms with Gasteiger partial charge in [-0.25, -0.2) is 0 Å². The van der Waals surface area contributed by atoms with Crippen LogP contribution in [-0.4, -0.2) is 96.7 Å². The third kappa shape index (κ3) is 10.5. The number of fused-ring (bicyclic) bond motifs is 5. The number of aromatic hydroxyl groups is 2. The van der Waals surface area contributed by atoms with Gasteiger partial charge in [0.25, 0.3) is 0 Å². The van der Waals surface area contributed by atoms with Crippen LogP contribution in [0.3, 0.4) is 0 Å². The van der Waals surface area contributed by atoms with Gasteiger partial charge in [-0.1, -0.05) is 50.0 Å². The van der Waals surface area contributed by atoms with Crippen molar-refractivity contribution in [1.82, 2.24) is 10.6 Å². The molecule has 13 nitrogen and oxygen atoms in total. The Bertz CT molecular complexity index is 2290. The molecule has 6 aliphatic rings. The van der Waals surface area contributed by atoms with Gasteiger partial charge in [-0.2, -0.15) is 0 Å². The lowest BCUT2D eigenvalue weighted by Crippen LogP contribution is -2.54. The molecule has 4 fully saturated rings. The number of methoxy groups -OCH3 is 1. The Hall–Kier alpha value is -4.58. The minimum atomic E-state index is -0.950. The number of ether oxygens (including phenoxy) is 3. The molecule has 4 saturated carbocycles. The van der Waals surface area contributed by atoms with Crippen molar-refractivity contribution in [3.63, 3.8) is 0 Å².